The second kappa shape index (κ2) is 8.94. The number of ketones is 1. The maximum Gasteiger partial charge on any atom is 0.204 e. The molecule has 0 unspecified atom stereocenters. The molecule has 0 rings (SSSR count). The molecule has 0 radical (unpaired) electrons. The smallest absolute Gasteiger partial charge is 0.204 e. The molecule has 0 aromatic heterocycles. The molecule has 7 heavy (non-hydrogen) atoms. The van der Waals surface area contributed by atoms with Crippen LogP contribution in [-0.4, -0.2) is 12.2 Å². The first-order chi connectivity index (χ1) is 3.15. The molecule has 0 aliphatic carbocycles. The minimum absolute atomic E-state index is 0.167. The third kappa shape index (κ3) is 68.5. The molecule has 0 aliphatic rings. The highest BCUT2D eigenvalue weighted by Gasteiger charge is 1.62. The van der Waals surface area contributed by atoms with Crippen LogP contribution in [0.15, 0.2) is 0 Å². The molecule has 0 heterocycles. The maximum absolute atomic E-state index is 9.44. The van der Waals surface area contributed by atoms with Crippen LogP contribution in [-0.2, 0) is 9.59 Å². The molecule has 1 amide bonds. The second-order valence-corrected chi connectivity index (χ2v) is 1.04. The normalized spacial score (nSPS) is 5.43. The summed E-state index contributed by atoms with van der Waals surface area (Å²) < 4.78 is 0. The van der Waals surface area contributed by atoms with Crippen LogP contribution in [0.1, 0.15) is 13.8 Å². The standard InChI is InChI=1S/C3H6O.CH3NO/c1-3(2)4;2-1-3/h1-2H3;1H,(H2,2,3). The van der Waals surface area contributed by atoms with Gasteiger partial charge < -0.3 is 10.5 Å². The van der Waals surface area contributed by atoms with Gasteiger partial charge in [-0.25, -0.2) is 0 Å². The molecule has 0 aromatic rings. The van der Waals surface area contributed by atoms with Gasteiger partial charge in [-0.2, -0.15) is 0 Å². The number of nitrogens with two attached hydrogens (primary N) is 1. The van der Waals surface area contributed by atoms with Crippen LogP contribution in [0.3, 0.4) is 0 Å². The molecule has 3 heteroatoms. The van der Waals surface area contributed by atoms with E-state index in [0.29, 0.717) is 0 Å². The number of hydrogen-bond acceptors (Lipinski definition) is 2. The van der Waals surface area contributed by atoms with Crippen LogP contribution in [0, 0.1) is 0 Å². The van der Waals surface area contributed by atoms with E-state index < -0.39 is 0 Å². The van der Waals surface area contributed by atoms with Crippen LogP contribution in [0.2, 0.25) is 0 Å². The first kappa shape index (κ1) is 9.46. The fourth-order valence-corrected chi connectivity index (χ4v) is 0. The summed E-state index contributed by atoms with van der Waals surface area (Å²) >= 11 is 0. The van der Waals surface area contributed by atoms with E-state index >= 15 is 0 Å². The summed E-state index contributed by atoms with van der Waals surface area (Å²) in [5.41, 5.74) is 4.17. The summed E-state index contributed by atoms with van der Waals surface area (Å²) in [7, 11) is 0. The lowest BCUT2D eigenvalue weighted by Gasteiger charge is -1.56. The van der Waals surface area contributed by atoms with Gasteiger partial charge in [0.1, 0.15) is 5.78 Å². The van der Waals surface area contributed by atoms with Crippen molar-refractivity contribution in [1.29, 1.82) is 0 Å². The SMILES string of the molecule is CC(C)=O.NC=O. The largest absolute Gasteiger partial charge is 0.372 e. The Bertz CT molecular complexity index is 56.7. The number of rotatable bonds is 0. The second-order valence-electron chi connectivity index (χ2n) is 1.04. The minimum atomic E-state index is 0.167. The van der Waals surface area contributed by atoms with Crippen molar-refractivity contribution in [3.63, 3.8) is 0 Å². The van der Waals surface area contributed by atoms with Crippen LogP contribution >= 0.6 is 0 Å². The van der Waals surface area contributed by atoms with Gasteiger partial charge in [0, 0.05) is 0 Å². The Morgan fingerprint density at radius 1 is 1.57 bits per heavy atom. The van der Waals surface area contributed by atoms with Crippen molar-refractivity contribution in [2.75, 3.05) is 0 Å². The van der Waals surface area contributed by atoms with E-state index in [-0.39, 0.29) is 12.2 Å². The van der Waals surface area contributed by atoms with E-state index in [0.717, 1.165) is 0 Å². The number of amides is 1. The highest BCUT2D eigenvalue weighted by atomic mass is 16.1. The predicted molar refractivity (Wildman–Crippen MR) is 26.6 cm³/mol. The van der Waals surface area contributed by atoms with Crippen molar-refractivity contribution in [3.05, 3.63) is 0 Å². The van der Waals surface area contributed by atoms with Crippen LogP contribution in [0.5, 0.6) is 0 Å². The van der Waals surface area contributed by atoms with Gasteiger partial charge in [-0.1, -0.05) is 0 Å². The molecule has 0 spiro atoms. The number of carbonyl (C=O) groups is 2. The van der Waals surface area contributed by atoms with Gasteiger partial charge in [0.25, 0.3) is 0 Å². The molecule has 0 aromatic carbocycles. The molecule has 0 saturated heterocycles. The van der Waals surface area contributed by atoms with Gasteiger partial charge in [0.2, 0.25) is 6.41 Å². The molecular formula is C4H9NO2. The van der Waals surface area contributed by atoms with E-state index in [2.05, 4.69) is 5.73 Å². The highest BCUT2D eigenvalue weighted by molar-refractivity contribution is 5.72. The van der Waals surface area contributed by atoms with Crippen LogP contribution in [0.4, 0.5) is 0 Å². The molecule has 0 aliphatic heterocycles. The minimum Gasteiger partial charge on any atom is -0.372 e. The summed E-state index contributed by atoms with van der Waals surface area (Å²) in [5.74, 6) is 0.167. The molecule has 0 saturated carbocycles. The van der Waals surface area contributed by atoms with Crippen molar-refractivity contribution in [3.8, 4) is 0 Å². The summed E-state index contributed by atoms with van der Waals surface area (Å²) in [4.78, 5) is 18.0. The van der Waals surface area contributed by atoms with Crippen molar-refractivity contribution in [1.82, 2.24) is 0 Å². The van der Waals surface area contributed by atoms with Crippen LogP contribution < -0.4 is 5.73 Å². The first-order valence-electron chi connectivity index (χ1n) is 1.77. The van der Waals surface area contributed by atoms with Gasteiger partial charge in [-0.15, -0.1) is 0 Å². The van der Waals surface area contributed by atoms with E-state index in [1.54, 1.807) is 0 Å². The van der Waals surface area contributed by atoms with Gasteiger partial charge in [0.15, 0.2) is 0 Å². The molecule has 3 nitrogen and oxygen atoms in total. The molecule has 0 atom stereocenters. The van der Waals surface area contributed by atoms with Crippen molar-refractivity contribution < 1.29 is 9.59 Å². The summed E-state index contributed by atoms with van der Waals surface area (Å²) in [6.07, 6.45) is 0.250. The molecule has 0 fully saturated rings. The van der Waals surface area contributed by atoms with E-state index in [9.17, 15) is 4.79 Å². The Morgan fingerprint density at radius 3 is 1.57 bits per heavy atom. The van der Waals surface area contributed by atoms with Crippen molar-refractivity contribution >= 4 is 12.2 Å². The van der Waals surface area contributed by atoms with E-state index in [4.69, 9.17) is 4.79 Å². The first-order valence-corrected chi connectivity index (χ1v) is 1.77. The Labute approximate surface area is 42.5 Å². The van der Waals surface area contributed by atoms with E-state index in [1.807, 2.05) is 0 Å². The lowest BCUT2D eigenvalue weighted by Crippen LogP contribution is -1.82. The van der Waals surface area contributed by atoms with Crippen LogP contribution in [0.25, 0.3) is 0 Å². The third-order valence-corrected chi connectivity index (χ3v) is 0. The zero-order chi connectivity index (χ0) is 6.28. The van der Waals surface area contributed by atoms with Gasteiger partial charge in [-0.05, 0) is 13.8 Å². The van der Waals surface area contributed by atoms with Gasteiger partial charge in [-0.3, -0.25) is 4.79 Å². The van der Waals surface area contributed by atoms with Gasteiger partial charge in [0.05, 0.1) is 0 Å². The zero-order valence-corrected chi connectivity index (χ0v) is 4.47. The summed E-state index contributed by atoms with van der Waals surface area (Å²) in [6, 6.07) is 0. The third-order valence-electron chi connectivity index (χ3n) is 0. The average molecular weight is 103 g/mol. The van der Waals surface area contributed by atoms with Gasteiger partial charge >= 0.3 is 0 Å². The lowest BCUT2D eigenvalue weighted by atomic mass is 10.6. The Morgan fingerprint density at radius 2 is 1.57 bits per heavy atom. The highest BCUT2D eigenvalue weighted by Crippen LogP contribution is 1.50. The fraction of sp³-hybridized carbons (Fsp3) is 0.500. The maximum atomic E-state index is 9.44. The summed E-state index contributed by atoms with van der Waals surface area (Å²) in [6.45, 7) is 3.06. The quantitative estimate of drug-likeness (QED) is 0.428. The number of Topliss-reactive ketones (excluding diaryl/α,β-unsaturated/α-hetero) is 1. The molecular weight excluding hydrogens is 94.0 g/mol. The Kier molecular flexibility index (Phi) is 12.1. The molecule has 2 N–H and O–H groups in total. The fourth-order valence-electron chi connectivity index (χ4n) is 0. The summed E-state index contributed by atoms with van der Waals surface area (Å²) in [5, 5.41) is 0. The Balaban J connectivity index is 0. The lowest BCUT2D eigenvalue weighted by molar-refractivity contribution is -0.115. The molecule has 42 valence electrons. The monoisotopic (exact) mass is 103 g/mol. The molecule has 0 bridgehead atoms. The average Bonchev–Trinajstić information content (AvgIpc) is 1.33. The van der Waals surface area contributed by atoms with Crippen molar-refractivity contribution in [2.45, 2.75) is 13.8 Å². The van der Waals surface area contributed by atoms with E-state index in [1.165, 1.54) is 13.8 Å². The Hall–Kier alpha value is -0.860. The van der Waals surface area contributed by atoms with Crippen molar-refractivity contribution in [2.24, 2.45) is 5.73 Å². The predicted octanol–water partition coefficient (Wildman–Crippen LogP) is -0.303. The topological polar surface area (TPSA) is 60.2 Å². The zero-order valence-electron chi connectivity index (χ0n) is 4.47. The number of primary amides is 1. The number of hydrogen-bond donors (Lipinski definition) is 1. The number of carbonyl (C=O) groups excluding carboxylic acids is 2.